The summed E-state index contributed by atoms with van der Waals surface area (Å²) < 4.78 is 4.78. The summed E-state index contributed by atoms with van der Waals surface area (Å²) in [6.07, 6.45) is 2.27. The first-order chi connectivity index (χ1) is 3.85. The summed E-state index contributed by atoms with van der Waals surface area (Å²) in [5.74, 6) is 0. The van der Waals surface area contributed by atoms with E-state index in [1.165, 1.54) is 6.08 Å². The maximum Gasteiger partial charge on any atom is 0.129 e. The van der Waals surface area contributed by atoms with Crippen LogP contribution in [0.4, 0.5) is 0 Å². The minimum absolute atomic E-state index is 0.181. The molecule has 0 amide bonds. The van der Waals surface area contributed by atoms with Gasteiger partial charge in [0, 0.05) is 7.11 Å². The molecule has 3 heteroatoms. The summed E-state index contributed by atoms with van der Waals surface area (Å²) in [5, 5.41) is 11.0. The summed E-state index contributed by atoms with van der Waals surface area (Å²) in [4.78, 5) is 0. The zero-order valence-electron chi connectivity index (χ0n) is 5.09. The van der Waals surface area contributed by atoms with E-state index in [1.807, 2.05) is 0 Å². The summed E-state index contributed by atoms with van der Waals surface area (Å²) >= 11 is 0. The summed E-state index contributed by atoms with van der Waals surface area (Å²) in [5.41, 5.74) is 0. The molecule has 0 aromatic heterocycles. The van der Waals surface area contributed by atoms with Crippen molar-refractivity contribution < 1.29 is 9.84 Å². The Morgan fingerprint density at radius 2 is 2.38 bits per heavy atom. The van der Waals surface area contributed by atoms with Gasteiger partial charge in [0.05, 0.1) is 6.26 Å². The lowest BCUT2D eigenvalue weighted by Crippen LogP contribution is -2.24. The Morgan fingerprint density at radius 1 is 1.75 bits per heavy atom. The normalized spacial score (nSPS) is 14.8. The highest BCUT2D eigenvalue weighted by atomic mass is 16.5. The Kier molecular flexibility index (Phi) is 4.30. The monoisotopic (exact) mass is 117 g/mol. The molecule has 0 rings (SSSR count). The van der Waals surface area contributed by atoms with Crippen molar-refractivity contribution >= 4 is 0 Å². The van der Waals surface area contributed by atoms with Gasteiger partial charge in [0.15, 0.2) is 0 Å². The summed E-state index contributed by atoms with van der Waals surface area (Å²) in [6.45, 7) is 0. The van der Waals surface area contributed by atoms with Crippen LogP contribution in [-0.2, 0) is 4.74 Å². The second kappa shape index (κ2) is 4.61. The molecule has 0 radical (unpaired) electrons. The molecule has 0 saturated carbocycles. The van der Waals surface area contributed by atoms with Crippen LogP contribution in [0.25, 0.3) is 0 Å². The lowest BCUT2D eigenvalue weighted by atomic mass is 10.5. The van der Waals surface area contributed by atoms with Crippen LogP contribution in [-0.4, -0.2) is 25.5 Å². The Morgan fingerprint density at radius 3 is 2.50 bits per heavy atom. The predicted octanol–water partition coefficient (Wildman–Crippen LogP) is 0.250. The first kappa shape index (κ1) is 7.46. The predicted molar refractivity (Wildman–Crippen MR) is 31.6 cm³/mol. The molecule has 1 unspecified atom stereocenters. The van der Waals surface area contributed by atoms with E-state index in [-0.39, 0.29) is 6.23 Å². The Balaban J connectivity index is 3.36. The van der Waals surface area contributed by atoms with Crippen LogP contribution in [0, 0.1) is 0 Å². The van der Waals surface area contributed by atoms with Crippen molar-refractivity contribution in [3.8, 4) is 0 Å². The number of methoxy groups -OCH3 is 1. The first-order valence-electron chi connectivity index (χ1n) is 2.36. The molecule has 0 heterocycles. The number of hydrogen-bond acceptors (Lipinski definition) is 3. The van der Waals surface area contributed by atoms with E-state index in [0.29, 0.717) is 0 Å². The minimum Gasteiger partial charge on any atom is -0.516 e. The highest BCUT2D eigenvalue weighted by Crippen LogP contribution is 1.82. The maximum atomic E-state index is 8.20. The highest BCUT2D eigenvalue weighted by molar-refractivity contribution is 4.79. The van der Waals surface area contributed by atoms with Crippen molar-refractivity contribution in [1.29, 1.82) is 0 Å². The molecule has 0 spiro atoms. The molecule has 1 atom stereocenters. The van der Waals surface area contributed by atoms with E-state index in [4.69, 9.17) is 9.84 Å². The largest absolute Gasteiger partial charge is 0.516 e. The fourth-order valence-corrected chi connectivity index (χ4v) is 0.371. The Labute approximate surface area is 49.0 Å². The van der Waals surface area contributed by atoms with Crippen LogP contribution in [0.2, 0.25) is 0 Å². The molecule has 0 aliphatic heterocycles. The van der Waals surface area contributed by atoms with Gasteiger partial charge in [-0.25, -0.2) is 0 Å². The zero-order chi connectivity index (χ0) is 6.41. The molecule has 2 N–H and O–H groups in total. The number of nitrogens with one attached hydrogen (secondary N) is 1. The topological polar surface area (TPSA) is 41.5 Å². The SMILES string of the molecule is CNC(C=CO)OC. The quantitative estimate of drug-likeness (QED) is 0.411. The van der Waals surface area contributed by atoms with Gasteiger partial charge in [0.2, 0.25) is 0 Å². The number of aliphatic hydroxyl groups is 1. The fourth-order valence-electron chi connectivity index (χ4n) is 0.371. The molecule has 0 aromatic rings. The average molecular weight is 117 g/mol. The van der Waals surface area contributed by atoms with Gasteiger partial charge < -0.3 is 9.84 Å². The Hall–Kier alpha value is -0.540. The first-order valence-corrected chi connectivity index (χ1v) is 2.36. The third kappa shape index (κ3) is 2.60. The average Bonchev–Trinajstić information content (AvgIpc) is 1.83. The number of aliphatic hydroxyl groups excluding tert-OH is 1. The van der Waals surface area contributed by atoms with Crippen molar-refractivity contribution in [3.05, 3.63) is 12.3 Å². The number of ether oxygens (including phenoxy) is 1. The number of likely N-dealkylation sites (N-methyl/N-ethyl adjacent to an activating group) is 1. The highest BCUT2D eigenvalue weighted by Gasteiger charge is 1.93. The van der Waals surface area contributed by atoms with E-state index in [0.717, 1.165) is 6.26 Å². The molecule has 48 valence electrons. The van der Waals surface area contributed by atoms with Gasteiger partial charge in [-0.1, -0.05) is 0 Å². The molecule has 0 fully saturated rings. The van der Waals surface area contributed by atoms with E-state index in [2.05, 4.69) is 5.32 Å². The van der Waals surface area contributed by atoms with Gasteiger partial charge in [0.25, 0.3) is 0 Å². The fraction of sp³-hybridized carbons (Fsp3) is 0.600. The van der Waals surface area contributed by atoms with Crippen molar-refractivity contribution in [2.24, 2.45) is 0 Å². The van der Waals surface area contributed by atoms with E-state index in [9.17, 15) is 0 Å². The second-order valence-electron chi connectivity index (χ2n) is 1.29. The van der Waals surface area contributed by atoms with Crippen LogP contribution in [0.15, 0.2) is 12.3 Å². The van der Waals surface area contributed by atoms with Crippen molar-refractivity contribution in [3.63, 3.8) is 0 Å². The van der Waals surface area contributed by atoms with Crippen molar-refractivity contribution in [1.82, 2.24) is 5.32 Å². The number of rotatable bonds is 3. The third-order valence-electron chi connectivity index (χ3n) is 0.799. The van der Waals surface area contributed by atoms with Crippen LogP contribution in [0.5, 0.6) is 0 Å². The van der Waals surface area contributed by atoms with E-state index < -0.39 is 0 Å². The van der Waals surface area contributed by atoms with Crippen LogP contribution in [0.3, 0.4) is 0 Å². The number of hydrogen-bond donors (Lipinski definition) is 2. The van der Waals surface area contributed by atoms with E-state index >= 15 is 0 Å². The zero-order valence-corrected chi connectivity index (χ0v) is 5.09. The molecule has 0 aromatic carbocycles. The molecular weight excluding hydrogens is 106 g/mol. The molecule has 3 nitrogen and oxygen atoms in total. The molecule has 0 bridgehead atoms. The minimum atomic E-state index is -0.181. The van der Waals surface area contributed by atoms with Crippen LogP contribution >= 0.6 is 0 Å². The summed E-state index contributed by atoms with van der Waals surface area (Å²) in [7, 11) is 3.30. The van der Waals surface area contributed by atoms with Gasteiger partial charge in [-0.3, -0.25) is 5.32 Å². The molecule has 0 aliphatic rings. The standard InChI is InChI=1S/C5H11NO2/c1-6-5(8-2)3-4-7/h3-7H,1-2H3. The molecule has 0 aliphatic carbocycles. The van der Waals surface area contributed by atoms with Crippen LogP contribution in [0.1, 0.15) is 0 Å². The van der Waals surface area contributed by atoms with Gasteiger partial charge in [-0.05, 0) is 13.1 Å². The van der Waals surface area contributed by atoms with Crippen LogP contribution < -0.4 is 5.32 Å². The molecule has 0 saturated heterocycles. The summed E-state index contributed by atoms with van der Waals surface area (Å²) in [6, 6.07) is 0. The second-order valence-corrected chi connectivity index (χ2v) is 1.29. The maximum absolute atomic E-state index is 8.20. The lowest BCUT2D eigenvalue weighted by molar-refractivity contribution is 0.118. The smallest absolute Gasteiger partial charge is 0.129 e. The van der Waals surface area contributed by atoms with E-state index in [1.54, 1.807) is 14.2 Å². The molecular formula is C5H11NO2. The molecule has 8 heavy (non-hydrogen) atoms. The van der Waals surface area contributed by atoms with Gasteiger partial charge in [-0.2, -0.15) is 0 Å². The van der Waals surface area contributed by atoms with Crippen molar-refractivity contribution in [2.75, 3.05) is 14.2 Å². The van der Waals surface area contributed by atoms with Crippen molar-refractivity contribution in [2.45, 2.75) is 6.23 Å². The van der Waals surface area contributed by atoms with Gasteiger partial charge in [0.1, 0.15) is 6.23 Å². The lowest BCUT2D eigenvalue weighted by Gasteiger charge is -2.06. The Bertz CT molecular complexity index is 68.8. The van der Waals surface area contributed by atoms with Gasteiger partial charge in [-0.15, -0.1) is 0 Å². The third-order valence-corrected chi connectivity index (χ3v) is 0.799. The van der Waals surface area contributed by atoms with Gasteiger partial charge >= 0.3 is 0 Å².